The van der Waals surface area contributed by atoms with Crippen LogP contribution in [0, 0.1) is 5.92 Å². The van der Waals surface area contributed by atoms with E-state index in [1.54, 1.807) is 6.20 Å². The minimum atomic E-state index is 0.227. The van der Waals surface area contributed by atoms with E-state index >= 15 is 0 Å². The molecule has 0 aliphatic carbocycles. The fourth-order valence-electron chi connectivity index (χ4n) is 2.01. The number of hydrogen-bond acceptors (Lipinski definition) is 4. The second kappa shape index (κ2) is 3.06. The molecule has 0 unspecified atom stereocenters. The number of oxime groups is 1. The lowest BCUT2D eigenvalue weighted by molar-refractivity contribution is 0.0842. The van der Waals surface area contributed by atoms with Crippen LogP contribution in [0.4, 0.5) is 0 Å². The Morgan fingerprint density at radius 2 is 2.43 bits per heavy atom. The van der Waals surface area contributed by atoms with Crippen molar-refractivity contribution in [2.24, 2.45) is 11.1 Å². The number of pyridine rings is 1. The number of nitrogens with one attached hydrogen (secondary N) is 1. The van der Waals surface area contributed by atoms with Gasteiger partial charge in [0.25, 0.3) is 0 Å². The molecule has 1 N–H and O–H groups in total. The van der Waals surface area contributed by atoms with Crippen molar-refractivity contribution in [3.05, 3.63) is 30.1 Å². The van der Waals surface area contributed by atoms with Crippen LogP contribution in [0.2, 0.25) is 0 Å². The van der Waals surface area contributed by atoms with Crippen LogP contribution in [0.1, 0.15) is 5.56 Å². The summed E-state index contributed by atoms with van der Waals surface area (Å²) in [6, 6.07) is 3.95. The molecule has 1 fully saturated rings. The molecule has 0 saturated carbocycles. The Labute approximate surface area is 82.0 Å². The topological polar surface area (TPSA) is 46.5 Å². The first-order chi connectivity index (χ1) is 6.95. The first-order valence-electron chi connectivity index (χ1n) is 4.80. The van der Waals surface area contributed by atoms with Crippen LogP contribution >= 0.6 is 0 Å². The molecular formula is C10H11N3O. The zero-order chi connectivity index (χ0) is 9.38. The molecule has 72 valence electrons. The summed E-state index contributed by atoms with van der Waals surface area (Å²) in [6.07, 6.45) is 3.83. The molecule has 3 rings (SSSR count). The smallest absolute Gasteiger partial charge is 0.149 e. The highest BCUT2D eigenvalue weighted by Gasteiger charge is 2.38. The van der Waals surface area contributed by atoms with Gasteiger partial charge in [0, 0.05) is 31.0 Å². The van der Waals surface area contributed by atoms with Gasteiger partial charge in [-0.15, -0.1) is 0 Å². The first-order valence-corrected chi connectivity index (χ1v) is 4.80. The van der Waals surface area contributed by atoms with Gasteiger partial charge in [-0.1, -0.05) is 5.16 Å². The van der Waals surface area contributed by atoms with Crippen LogP contribution < -0.4 is 5.32 Å². The van der Waals surface area contributed by atoms with Gasteiger partial charge in [-0.3, -0.25) is 4.98 Å². The Morgan fingerprint density at radius 3 is 3.29 bits per heavy atom. The van der Waals surface area contributed by atoms with Gasteiger partial charge in [0.05, 0.1) is 11.6 Å². The summed E-state index contributed by atoms with van der Waals surface area (Å²) >= 11 is 0. The lowest BCUT2D eigenvalue weighted by atomic mass is 9.96. The van der Waals surface area contributed by atoms with E-state index in [0.29, 0.717) is 5.92 Å². The molecule has 4 heteroatoms. The van der Waals surface area contributed by atoms with Crippen LogP contribution in [0.15, 0.2) is 29.7 Å². The predicted octanol–water partition coefficient (Wildman–Crippen LogP) is 0.404. The highest BCUT2D eigenvalue weighted by molar-refractivity contribution is 6.03. The van der Waals surface area contributed by atoms with E-state index < -0.39 is 0 Å². The lowest BCUT2D eigenvalue weighted by Crippen LogP contribution is -2.21. The molecule has 0 amide bonds. The summed E-state index contributed by atoms with van der Waals surface area (Å²) in [7, 11) is 0. The van der Waals surface area contributed by atoms with E-state index in [1.165, 1.54) is 0 Å². The van der Waals surface area contributed by atoms with Crippen molar-refractivity contribution in [3.8, 4) is 0 Å². The van der Waals surface area contributed by atoms with Crippen LogP contribution in [0.3, 0.4) is 0 Å². The quantitative estimate of drug-likeness (QED) is 0.695. The zero-order valence-corrected chi connectivity index (χ0v) is 7.68. The van der Waals surface area contributed by atoms with Gasteiger partial charge < -0.3 is 10.2 Å². The molecule has 14 heavy (non-hydrogen) atoms. The maximum atomic E-state index is 5.34. The summed E-state index contributed by atoms with van der Waals surface area (Å²) in [5, 5.41) is 7.42. The fourth-order valence-corrected chi connectivity index (χ4v) is 2.01. The Bertz CT molecular complexity index is 363. The molecule has 2 aliphatic rings. The summed E-state index contributed by atoms with van der Waals surface area (Å²) in [5.74, 6) is 0.402. The van der Waals surface area contributed by atoms with Crippen molar-refractivity contribution in [1.82, 2.24) is 10.3 Å². The molecule has 3 heterocycles. The van der Waals surface area contributed by atoms with Gasteiger partial charge in [0.1, 0.15) is 6.10 Å². The third kappa shape index (κ3) is 1.11. The highest BCUT2D eigenvalue weighted by atomic mass is 16.6. The first kappa shape index (κ1) is 7.94. The van der Waals surface area contributed by atoms with Crippen LogP contribution in [0.5, 0.6) is 0 Å². The minimum Gasteiger partial charge on any atom is -0.390 e. The van der Waals surface area contributed by atoms with Gasteiger partial charge in [0.15, 0.2) is 0 Å². The summed E-state index contributed by atoms with van der Waals surface area (Å²) in [6.45, 7) is 1.86. The third-order valence-corrected chi connectivity index (χ3v) is 2.75. The Morgan fingerprint density at radius 1 is 1.43 bits per heavy atom. The second-order valence-corrected chi connectivity index (χ2v) is 3.63. The van der Waals surface area contributed by atoms with Crippen molar-refractivity contribution in [2.45, 2.75) is 6.10 Å². The summed E-state index contributed by atoms with van der Waals surface area (Å²) in [5.41, 5.74) is 2.11. The molecule has 0 spiro atoms. The van der Waals surface area contributed by atoms with E-state index in [-0.39, 0.29) is 6.10 Å². The van der Waals surface area contributed by atoms with Crippen molar-refractivity contribution in [1.29, 1.82) is 0 Å². The van der Waals surface area contributed by atoms with Crippen LogP contribution in [-0.4, -0.2) is 29.9 Å². The van der Waals surface area contributed by atoms with Crippen molar-refractivity contribution < 1.29 is 4.84 Å². The monoisotopic (exact) mass is 189 g/mol. The number of hydrogen-bond donors (Lipinski definition) is 1. The molecule has 1 aromatic rings. The number of fused-ring (bicyclic) bond motifs is 1. The predicted molar refractivity (Wildman–Crippen MR) is 52.0 cm³/mol. The Balaban J connectivity index is 1.93. The second-order valence-electron chi connectivity index (χ2n) is 3.63. The van der Waals surface area contributed by atoms with Crippen LogP contribution in [-0.2, 0) is 4.84 Å². The molecule has 0 bridgehead atoms. The van der Waals surface area contributed by atoms with Crippen molar-refractivity contribution in [3.63, 3.8) is 0 Å². The average molecular weight is 189 g/mol. The average Bonchev–Trinajstić information content (AvgIpc) is 2.79. The normalized spacial score (nSPS) is 29.6. The molecule has 2 atom stereocenters. The van der Waals surface area contributed by atoms with Gasteiger partial charge in [-0.2, -0.15) is 0 Å². The largest absolute Gasteiger partial charge is 0.390 e. The Kier molecular flexibility index (Phi) is 1.73. The summed E-state index contributed by atoms with van der Waals surface area (Å²) < 4.78 is 0. The summed E-state index contributed by atoms with van der Waals surface area (Å²) in [4.78, 5) is 9.43. The van der Waals surface area contributed by atoms with Crippen molar-refractivity contribution in [2.75, 3.05) is 13.1 Å². The van der Waals surface area contributed by atoms with Crippen LogP contribution in [0.25, 0.3) is 0 Å². The van der Waals surface area contributed by atoms with E-state index in [1.807, 2.05) is 18.3 Å². The standard InChI is InChI=1S/C10H11N3O/c1-2-7(4-11-3-1)10-8-5-12-6-9(8)14-13-10/h1-4,8-9,12H,5-6H2/t8-,9+/m0/s1. The van der Waals surface area contributed by atoms with Gasteiger partial charge in [0.2, 0.25) is 0 Å². The molecule has 0 aromatic carbocycles. The molecular weight excluding hydrogens is 178 g/mol. The maximum absolute atomic E-state index is 5.34. The SMILES string of the molecule is c1cncc(C2=NO[C@@H]3CNC[C@H]23)c1. The molecule has 0 radical (unpaired) electrons. The van der Waals surface area contributed by atoms with E-state index in [0.717, 1.165) is 24.4 Å². The molecule has 1 aromatic heterocycles. The van der Waals surface area contributed by atoms with Crippen molar-refractivity contribution >= 4 is 5.71 Å². The fraction of sp³-hybridized carbons (Fsp3) is 0.400. The van der Waals surface area contributed by atoms with Gasteiger partial charge in [-0.05, 0) is 12.1 Å². The molecule has 2 aliphatic heterocycles. The maximum Gasteiger partial charge on any atom is 0.149 e. The minimum absolute atomic E-state index is 0.227. The molecule has 1 saturated heterocycles. The van der Waals surface area contributed by atoms with E-state index in [4.69, 9.17) is 4.84 Å². The zero-order valence-electron chi connectivity index (χ0n) is 7.68. The molecule has 4 nitrogen and oxygen atoms in total. The van der Waals surface area contributed by atoms with Gasteiger partial charge in [-0.25, -0.2) is 0 Å². The van der Waals surface area contributed by atoms with E-state index in [2.05, 4.69) is 15.5 Å². The third-order valence-electron chi connectivity index (χ3n) is 2.75. The van der Waals surface area contributed by atoms with E-state index in [9.17, 15) is 0 Å². The highest BCUT2D eigenvalue weighted by Crippen LogP contribution is 2.25. The Hall–Kier alpha value is -1.42. The van der Waals surface area contributed by atoms with Gasteiger partial charge >= 0.3 is 0 Å². The number of rotatable bonds is 1. The lowest BCUT2D eigenvalue weighted by Gasteiger charge is -2.06. The number of nitrogens with zero attached hydrogens (tertiary/aromatic N) is 2. The number of aromatic nitrogens is 1.